The minimum Gasteiger partial charge on any atom is -0.309 e. The molecule has 12 rings (SSSR count). The first-order valence-corrected chi connectivity index (χ1v) is 21.1. The average molecular weight is 791 g/mol. The van der Waals surface area contributed by atoms with Gasteiger partial charge in [0, 0.05) is 38.4 Å². The van der Waals surface area contributed by atoms with Crippen LogP contribution >= 0.6 is 0 Å². The van der Waals surface area contributed by atoms with E-state index < -0.39 is 0 Å². The van der Waals surface area contributed by atoms with Crippen molar-refractivity contribution in [1.82, 2.24) is 19.1 Å². The smallest absolute Gasteiger partial charge is 0.235 e. The molecular weight excluding hydrogens is 753 g/mol. The molecule has 290 valence electrons. The van der Waals surface area contributed by atoms with Crippen LogP contribution in [0.1, 0.15) is 0 Å². The maximum absolute atomic E-state index is 5.38. The van der Waals surface area contributed by atoms with Crippen LogP contribution in [0.25, 0.3) is 111 Å². The maximum Gasteiger partial charge on any atom is 0.235 e. The molecule has 0 saturated heterocycles. The van der Waals surface area contributed by atoms with Crippen LogP contribution in [0, 0.1) is 0 Å². The summed E-state index contributed by atoms with van der Waals surface area (Å²) in [7, 11) is 0. The Morgan fingerprint density at radius 1 is 0.242 bits per heavy atom. The first-order chi connectivity index (χ1) is 30.7. The molecule has 0 N–H and O–H groups in total. The molecule has 0 fully saturated rings. The van der Waals surface area contributed by atoms with Crippen molar-refractivity contribution in [2.24, 2.45) is 0 Å². The second-order valence-corrected chi connectivity index (χ2v) is 15.8. The van der Waals surface area contributed by atoms with Gasteiger partial charge < -0.3 is 4.57 Å². The van der Waals surface area contributed by atoms with Crippen LogP contribution in [0.15, 0.2) is 231 Å². The van der Waals surface area contributed by atoms with Gasteiger partial charge in [0.15, 0.2) is 0 Å². The minimum atomic E-state index is 0.629. The summed E-state index contributed by atoms with van der Waals surface area (Å²) >= 11 is 0. The van der Waals surface area contributed by atoms with Gasteiger partial charge in [-0.2, -0.15) is 0 Å². The van der Waals surface area contributed by atoms with Crippen molar-refractivity contribution in [3.05, 3.63) is 231 Å². The van der Waals surface area contributed by atoms with E-state index >= 15 is 0 Å². The van der Waals surface area contributed by atoms with E-state index in [1.54, 1.807) is 0 Å². The third-order valence-corrected chi connectivity index (χ3v) is 12.2. The van der Waals surface area contributed by atoms with Crippen molar-refractivity contribution in [1.29, 1.82) is 0 Å². The molecule has 3 heterocycles. The lowest BCUT2D eigenvalue weighted by atomic mass is 10.0. The lowest BCUT2D eigenvalue weighted by Crippen LogP contribution is -2.04. The van der Waals surface area contributed by atoms with Crippen molar-refractivity contribution in [2.75, 3.05) is 0 Å². The SMILES string of the molecule is c1ccc(-c2ccc(-c3ccc(-n4c5ccccc5c5cc6c7ccccc7n(-c7nc(-c8ccccc8)cc(-c8ccc(-c9ccccc9)cc8)n7)c6cc54)cc3)cc2)cc1. The highest BCUT2D eigenvalue weighted by molar-refractivity contribution is 6.19. The van der Waals surface area contributed by atoms with Crippen LogP contribution in [0.2, 0.25) is 0 Å². The highest BCUT2D eigenvalue weighted by atomic mass is 15.2. The first kappa shape index (κ1) is 35.6. The summed E-state index contributed by atoms with van der Waals surface area (Å²) < 4.78 is 4.65. The largest absolute Gasteiger partial charge is 0.309 e. The molecule has 0 spiro atoms. The van der Waals surface area contributed by atoms with Gasteiger partial charge in [-0.1, -0.05) is 188 Å². The normalized spacial score (nSPS) is 11.5. The average Bonchev–Trinajstić information content (AvgIpc) is 3.86. The number of hydrogen-bond donors (Lipinski definition) is 0. The predicted molar refractivity (Wildman–Crippen MR) is 258 cm³/mol. The van der Waals surface area contributed by atoms with Crippen molar-refractivity contribution >= 4 is 43.6 Å². The van der Waals surface area contributed by atoms with Gasteiger partial charge in [-0.15, -0.1) is 0 Å². The maximum atomic E-state index is 5.38. The van der Waals surface area contributed by atoms with Crippen molar-refractivity contribution in [3.63, 3.8) is 0 Å². The molecular formula is C58H38N4. The number of hydrogen-bond acceptors (Lipinski definition) is 2. The molecule has 9 aromatic carbocycles. The summed E-state index contributed by atoms with van der Waals surface area (Å²) in [6.45, 7) is 0. The Morgan fingerprint density at radius 3 is 1.10 bits per heavy atom. The topological polar surface area (TPSA) is 35.6 Å². The molecule has 0 unspecified atom stereocenters. The number of fused-ring (bicyclic) bond motifs is 6. The number of para-hydroxylation sites is 2. The van der Waals surface area contributed by atoms with E-state index in [-0.39, 0.29) is 0 Å². The molecule has 4 nitrogen and oxygen atoms in total. The summed E-state index contributed by atoms with van der Waals surface area (Å²) in [4.78, 5) is 10.7. The lowest BCUT2D eigenvalue weighted by Gasteiger charge is -2.13. The van der Waals surface area contributed by atoms with Crippen LogP contribution in [-0.2, 0) is 0 Å². The van der Waals surface area contributed by atoms with Crippen molar-refractivity contribution in [3.8, 4) is 67.5 Å². The molecule has 12 aromatic rings. The number of rotatable bonds is 7. The Balaban J connectivity index is 1.03. The van der Waals surface area contributed by atoms with Gasteiger partial charge in [0.05, 0.1) is 33.5 Å². The molecule has 62 heavy (non-hydrogen) atoms. The Hall–Kier alpha value is -8.34. The summed E-state index contributed by atoms with van der Waals surface area (Å²) in [5.41, 5.74) is 16.5. The van der Waals surface area contributed by atoms with E-state index in [0.717, 1.165) is 61.0 Å². The second kappa shape index (κ2) is 14.7. The highest BCUT2D eigenvalue weighted by Crippen LogP contribution is 2.40. The first-order valence-electron chi connectivity index (χ1n) is 21.1. The number of benzene rings is 9. The fourth-order valence-corrected chi connectivity index (χ4v) is 9.12. The Kier molecular flexibility index (Phi) is 8.46. The van der Waals surface area contributed by atoms with Gasteiger partial charge >= 0.3 is 0 Å². The Labute approximate surface area is 359 Å². The number of nitrogens with zero attached hydrogens (tertiary/aromatic N) is 4. The van der Waals surface area contributed by atoms with E-state index in [1.807, 2.05) is 6.07 Å². The van der Waals surface area contributed by atoms with E-state index in [4.69, 9.17) is 9.97 Å². The molecule has 0 amide bonds. The standard InChI is InChI=1S/C58H38N4/c1-4-14-39(15-5-1)41-24-26-43(27-25-41)44-32-34-47(35-33-44)61-54-22-12-10-20-48(54)50-36-51-49-21-11-13-23-55(49)62(57(51)38-56(50)61)58-59-52(45-18-8-3-9-19-45)37-53(60-58)46-30-28-42(29-31-46)40-16-6-2-7-17-40/h1-38H. The van der Waals surface area contributed by atoms with Gasteiger partial charge in [-0.3, -0.25) is 4.57 Å². The van der Waals surface area contributed by atoms with Gasteiger partial charge in [-0.05, 0) is 75.8 Å². The molecule has 0 aliphatic carbocycles. The van der Waals surface area contributed by atoms with E-state index in [1.165, 1.54) is 44.2 Å². The van der Waals surface area contributed by atoms with E-state index in [9.17, 15) is 0 Å². The predicted octanol–water partition coefficient (Wildman–Crippen LogP) is 15.0. The molecule has 0 bridgehead atoms. The summed E-state index contributed by atoms with van der Waals surface area (Å²) in [5, 5.41) is 4.74. The molecule has 4 heteroatoms. The van der Waals surface area contributed by atoms with Crippen LogP contribution < -0.4 is 0 Å². The third kappa shape index (κ3) is 6.08. The van der Waals surface area contributed by atoms with Crippen LogP contribution in [0.5, 0.6) is 0 Å². The molecule has 0 radical (unpaired) electrons. The van der Waals surface area contributed by atoms with E-state index in [0.29, 0.717) is 5.95 Å². The zero-order valence-corrected chi connectivity index (χ0v) is 33.7. The van der Waals surface area contributed by atoms with Crippen molar-refractivity contribution in [2.45, 2.75) is 0 Å². The second-order valence-electron chi connectivity index (χ2n) is 15.8. The molecule has 3 aromatic heterocycles. The minimum absolute atomic E-state index is 0.629. The third-order valence-electron chi connectivity index (χ3n) is 12.2. The molecule has 0 saturated carbocycles. The van der Waals surface area contributed by atoms with Crippen LogP contribution in [0.3, 0.4) is 0 Å². The Morgan fingerprint density at radius 2 is 0.597 bits per heavy atom. The number of aromatic nitrogens is 4. The van der Waals surface area contributed by atoms with Crippen LogP contribution in [0.4, 0.5) is 0 Å². The fraction of sp³-hybridized carbons (Fsp3) is 0. The van der Waals surface area contributed by atoms with Gasteiger partial charge in [0.25, 0.3) is 0 Å². The summed E-state index contributed by atoms with van der Waals surface area (Å²) in [5.74, 6) is 0.629. The highest BCUT2D eigenvalue weighted by Gasteiger charge is 2.21. The quantitative estimate of drug-likeness (QED) is 0.161. The van der Waals surface area contributed by atoms with Gasteiger partial charge in [0.2, 0.25) is 5.95 Å². The zero-order chi connectivity index (χ0) is 41.0. The lowest BCUT2D eigenvalue weighted by molar-refractivity contribution is 0.995. The molecule has 0 atom stereocenters. The summed E-state index contributed by atoms with van der Waals surface area (Å²) in [6.07, 6.45) is 0. The van der Waals surface area contributed by atoms with Crippen molar-refractivity contribution < 1.29 is 0 Å². The monoisotopic (exact) mass is 790 g/mol. The summed E-state index contributed by atoms with van der Waals surface area (Å²) in [6, 6.07) is 82.1. The van der Waals surface area contributed by atoms with Crippen LogP contribution in [-0.4, -0.2) is 19.1 Å². The van der Waals surface area contributed by atoms with E-state index in [2.05, 4.69) is 234 Å². The van der Waals surface area contributed by atoms with Gasteiger partial charge in [-0.25, -0.2) is 9.97 Å². The molecule has 0 aliphatic heterocycles. The zero-order valence-electron chi connectivity index (χ0n) is 33.7. The fourth-order valence-electron chi connectivity index (χ4n) is 9.12. The van der Waals surface area contributed by atoms with Gasteiger partial charge in [0.1, 0.15) is 0 Å². The molecule has 0 aliphatic rings. The Bertz CT molecular complexity index is 3570.